The standard InChI is InChI=1S/C31H32N10O3/c1-4-15-40-30(43)22-12-13-25(35-28(22)41(40)19(2)3)36-31-33-17-23(29-37-26(39-44-29)21-11-8-14-32-16-21)27(38-31)34-24(18-42)20-9-6-5-7-10-20/h5-14,16-17,19,24,42H,4,15,18H2,1-3H3,(H2,33,34,35,36,38)/t24-/m1/s1. The fraction of sp³-hybridized carbons (Fsp3) is 0.258. The van der Waals surface area contributed by atoms with E-state index in [4.69, 9.17) is 14.5 Å². The van der Waals surface area contributed by atoms with Crippen molar-refractivity contribution in [3.8, 4) is 22.8 Å². The Morgan fingerprint density at radius 2 is 1.84 bits per heavy atom. The molecule has 5 aromatic heterocycles. The summed E-state index contributed by atoms with van der Waals surface area (Å²) in [6.45, 7) is 6.49. The largest absolute Gasteiger partial charge is 0.394 e. The molecular weight excluding hydrogens is 560 g/mol. The Morgan fingerprint density at radius 3 is 2.57 bits per heavy atom. The van der Waals surface area contributed by atoms with Gasteiger partial charge in [0.25, 0.3) is 11.4 Å². The zero-order chi connectivity index (χ0) is 30.6. The highest BCUT2D eigenvalue weighted by Crippen LogP contribution is 2.31. The third kappa shape index (κ3) is 5.64. The average Bonchev–Trinajstić information content (AvgIpc) is 3.64. The lowest BCUT2D eigenvalue weighted by Crippen LogP contribution is -2.24. The molecule has 0 amide bonds. The van der Waals surface area contributed by atoms with Gasteiger partial charge >= 0.3 is 0 Å². The van der Waals surface area contributed by atoms with Gasteiger partial charge in [-0.2, -0.15) is 9.97 Å². The predicted octanol–water partition coefficient (Wildman–Crippen LogP) is 4.98. The molecule has 6 aromatic rings. The van der Waals surface area contributed by atoms with Gasteiger partial charge in [-0.05, 0) is 50.1 Å². The van der Waals surface area contributed by atoms with Crippen LogP contribution in [0.3, 0.4) is 0 Å². The summed E-state index contributed by atoms with van der Waals surface area (Å²) in [6.07, 6.45) is 5.71. The molecular formula is C31H32N10O3. The lowest BCUT2D eigenvalue weighted by molar-refractivity contribution is 0.276. The van der Waals surface area contributed by atoms with Crippen molar-refractivity contribution >= 4 is 28.6 Å². The number of anilines is 3. The molecule has 6 rings (SSSR count). The first-order valence-electron chi connectivity index (χ1n) is 14.4. The molecule has 13 heteroatoms. The lowest BCUT2D eigenvalue weighted by Gasteiger charge is -2.19. The Kier molecular flexibility index (Phi) is 8.10. The van der Waals surface area contributed by atoms with Crippen LogP contribution >= 0.6 is 0 Å². The van der Waals surface area contributed by atoms with Crippen molar-refractivity contribution in [2.24, 2.45) is 0 Å². The number of fused-ring (bicyclic) bond motifs is 1. The van der Waals surface area contributed by atoms with Gasteiger partial charge in [-0.15, -0.1) is 0 Å². The van der Waals surface area contributed by atoms with Gasteiger partial charge in [0.2, 0.25) is 11.8 Å². The molecule has 0 radical (unpaired) electrons. The van der Waals surface area contributed by atoms with Crippen LogP contribution in [0.2, 0.25) is 0 Å². The number of benzene rings is 1. The Hall–Kier alpha value is -5.43. The highest BCUT2D eigenvalue weighted by Gasteiger charge is 2.21. The van der Waals surface area contributed by atoms with Crippen LogP contribution in [0.15, 0.2) is 82.5 Å². The van der Waals surface area contributed by atoms with Gasteiger partial charge in [0.05, 0.1) is 18.0 Å². The Labute approximate surface area is 252 Å². The molecule has 0 bridgehead atoms. The van der Waals surface area contributed by atoms with Crippen LogP contribution in [0.4, 0.5) is 17.6 Å². The molecule has 3 N–H and O–H groups in total. The molecule has 13 nitrogen and oxygen atoms in total. The average molecular weight is 593 g/mol. The molecule has 0 spiro atoms. The maximum absolute atomic E-state index is 13.1. The molecule has 44 heavy (non-hydrogen) atoms. The first kappa shape index (κ1) is 28.7. The van der Waals surface area contributed by atoms with Crippen LogP contribution in [-0.4, -0.2) is 51.2 Å². The van der Waals surface area contributed by atoms with Crippen molar-refractivity contribution in [2.45, 2.75) is 45.8 Å². The highest BCUT2D eigenvalue weighted by atomic mass is 16.5. The fourth-order valence-electron chi connectivity index (χ4n) is 5.01. The summed E-state index contributed by atoms with van der Waals surface area (Å²) in [4.78, 5) is 35.8. The third-order valence-electron chi connectivity index (χ3n) is 7.04. The first-order valence-corrected chi connectivity index (χ1v) is 14.4. The second kappa shape index (κ2) is 12.4. The summed E-state index contributed by atoms with van der Waals surface area (Å²) >= 11 is 0. The quantitative estimate of drug-likeness (QED) is 0.186. The molecule has 0 unspecified atom stereocenters. The minimum absolute atomic E-state index is 0.0280. The molecule has 0 aliphatic carbocycles. The molecule has 1 aromatic carbocycles. The van der Waals surface area contributed by atoms with E-state index in [0.717, 1.165) is 12.0 Å². The number of rotatable bonds is 11. The van der Waals surface area contributed by atoms with Crippen molar-refractivity contribution in [1.82, 2.24) is 39.4 Å². The number of aliphatic hydroxyl groups is 1. The van der Waals surface area contributed by atoms with E-state index in [1.165, 1.54) is 0 Å². The van der Waals surface area contributed by atoms with E-state index in [1.54, 1.807) is 41.5 Å². The Morgan fingerprint density at radius 1 is 1.00 bits per heavy atom. The van der Waals surface area contributed by atoms with E-state index in [1.807, 2.05) is 61.9 Å². The molecule has 224 valence electrons. The SMILES string of the molecule is CCCn1c(=O)c2ccc(Nc3ncc(-c4nc(-c5cccnc5)no4)c(N[C@H](CO)c4ccccc4)n3)nc2n1C(C)C. The van der Waals surface area contributed by atoms with Gasteiger partial charge in [-0.25, -0.2) is 14.6 Å². The zero-order valence-electron chi connectivity index (χ0n) is 24.5. The molecule has 0 fully saturated rings. The summed E-state index contributed by atoms with van der Waals surface area (Å²) < 4.78 is 9.26. The molecule has 5 heterocycles. The van der Waals surface area contributed by atoms with Crippen LogP contribution in [0.1, 0.15) is 44.8 Å². The minimum atomic E-state index is -0.480. The van der Waals surface area contributed by atoms with Gasteiger partial charge < -0.3 is 20.3 Å². The van der Waals surface area contributed by atoms with Gasteiger partial charge in [0, 0.05) is 36.7 Å². The number of hydrogen-bond donors (Lipinski definition) is 3. The molecule has 0 saturated carbocycles. The smallest absolute Gasteiger partial charge is 0.276 e. The number of nitrogens with one attached hydrogen (secondary N) is 2. The van der Waals surface area contributed by atoms with Crippen molar-refractivity contribution in [3.05, 3.63) is 89.1 Å². The number of aromatic nitrogens is 8. The fourth-order valence-corrected chi connectivity index (χ4v) is 5.01. The molecule has 0 aliphatic heterocycles. The number of aliphatic hydroxyl groups excluding tert-OH is 1. The van der Waals surface area contributed by atoms with Crippen LogP contribution < -0.4 is 16.2 Å². The first-order chi connectivity index (χ1) is 21.5. The van der Waals surface area contributed by atoms with Gasteiger partial charge in [0.1, 0.15) is 17.2 Å². The monoisotopic (exact) mass is 592 g/mol. The van der Waals surface area contributed by atoms with E-state index in [0.29, 0.717) is 46.2 Å². The Bertz CT molecular complexity index is 1930. The topological polar surface area (TPSA) is 162 Å². The minimum Gasteiger partial charge on any atom is -0.394 e. The van der Waals surface area contributed by atoms with Crippen molar-refractivity contribution in [1.29, 1.82) is 0 Å². The zero-order valence-corrected chi connectivity index (χ0v) is 24.5. The molecule has 0 saturated heterocycles. The maximum atomic E-state index is 13.1. The van der Waals surface area contributed by atoms with Crippen molar-refractivity contribution < 1.29 is 9.63 Å². The predicted molar refractivity (Wildman–Crippen MR) is 166 cm³/mol. The van der Waals surface area contributed by atoms with Gasteiger partial charge in [0.15, 0.2) is 5.65 Å². The Balaban J connectivity index is 1.39. The summed E-state index contributed by atoms with van der Waals surface area (Å²) in [5, 5.41) is 21.4. The number of pyridine rings is 2. The molecule has 0 aliphatic rings. The van der Waals surface area contributed by atoms with Crippen LogP contribution in [0.25, 0.3) is 33.9 Å². The van der Waals surface area contributed by atoms with E-state index >= 15 is 0 Å². The van der Waals surface area contributed by atoms with Crippen LogP contribution in [-0.2, 0) is 6.54 Å². The van der Waals surface area contributed by atoms with Crippen LogP contribution in [0, 0.1) is 0 Å². The van der Waals surface area contributed by atoms with Gasteiger partial charge in [-0.1, -0.05) is 42.4 Å². The van der Waals surface area contributed by atoms with E-state index in [2.05, 4.69) is 30.7 Å². The number of hydrogen-bond acceptors (Lipinski definition) is 11. The summed E-state index contributed by atoms with van der Waals surface area (Å²) in [6, 6.07) is 16.2. The number of nitrogens with zero attached hydrogens (tertiary/aromatic N) is 8. The summed E-state index contributed by atoms with van der Waals surface area (Å²) in [7, 11) is 0. The summed E-state index contributed by atoms with van der Waals surface area (Å²) in [5.74, 6) is 1.64. The van der Waals surface area contributed by atoms with E-state index in [9.17, 15) is 9.90 Å². The van der Waals surface area contributed by atoms with Crippen molar-refractivity contribution in [3.63, 3.8) is 0 Å². The van der Waals surface area contributed by atoms with Gasteiger partial charge in [-0.3, -0.25) is 14.5 Å². The van der Waals surface area contributed by atoms with Crippen LogP contribution in [0.5, 0.6) is 0 Å². The summed E-state index contributed by atoms with van der Waals surface area (Å²) in [5.41, 5.74) is 2.52. The lowest BCUT2D eigenvalue weighted by atomic mass is 10.1. The van der Waals surface area contributed by atoms with Crippen molar-refractivity contribution in [2.75, 3.05) is 17.2 Å². The van der Waals surface area contributed by atoms with E-state index < -0.39 is 6.04 Å². The normalized spacial score (nSPS) is 12.1. The second-order valence-electron chi connectivity index (χ2n) is 10.5. The maximum Gasteiger partial charge on any atom is 0.276 e. The van der Waals surface area contributed by atoms with E-state index in [-0.39, 0.29) is 30.0 Å². The third-order valence-corrected chi connectivity index (χ3v) is 7.04. The second-order valence-corrected chi connectivity index (χ2v) is 10.5. The highest BCUT2D eigenvalue weighted by molar-refractivity contribution is 5.78. The molecule has 1 atom stereocenters.